The molecule has 120 valence electrons. The molecule has 1 saturated carbocycles. The van der Waals surface area contributed by atoms with Gasteiger partial charge in [-0.05, 0) is 50.9 Å². The van der Waals surface area contributed by atoms with E-state index in [1.54, 1.807) is 4.90 Å². The molecule has 3 N–H and O–H groups in total. The third-order valence-corrected chi connectivity index (χ3v) is 4.98. The van der Waals surface area contributed by atoms with Crippen molar-refractivity contribution in [1.82, 2.24) is 10.2 Å². The first-order valence-corrected chi connectivity index (χ1v) is 7.91. The molecule has 0 aromatic rings. The van der Waals surface area contributed by atoms with E-state index in [4.69, 9.17) is 0 Å². The van der Waals surface area contributed by atoms with Crippen LogP contribution in [0, 0.1) is 5.92 Å². The van der Waals surface area contributed by atoms with E-state index in [2.05, 4.69) is 12.2 Å². The number of likely N-dealkylation sites (tertiary alicyclic amines) is 1. The van der Waals surface area contributed by atoms with Crippen LogP contribution in [-0.2, 0) is 4.79 Å². The lowest BCUT2D eigenvalue weighted by Gasteiger charge is -2.40. The summed E-state index contributed by atoms with van der Waals surface area (Å²) in [5, 5.41) is 21.7. The van der Waals surface area contributed by atoms with E-state index in [9.17, 15) is 19.8 Å². The van der Waals surface area contributed by atoms with Crippen molar-refractivity contribution in [2.24, 2.45) is 5.92 Å². The average molecular weight is 298 g/mol. The van der Waals surface area contributed by atoms with Gasteiger partial charge in [-0.3, -0.25) is 0 Å². The highest BCUT2D eigenvalue weighted by atomic mass is 16.4. The second-order valence-corrected chi connectivity index (χ2v) is 6.53. The average Bonchev–Trinajstić information content (AvgIpc) is 2.49. The monoisotopic (exact) mass is 298 g/mol. The lowest BCUT2D eigenvalue weighted by Crippen LogP contribution is -2.61. The molecule has 1 aliphatic heterocycles. The van der Waals surface area contributed by atoms with Gasteiger partial charge in [-0.2, -0.15) is 0 Å². The molecule has 0 spiro atoms. The molecule has 0 radical (unpaired) electrons. The van der Waals surface area contributed by atoms with Crippen LogP contribution in [0.1, 0.15) is 51.9 Å². The summed E-state index contributed by atoms with van der Waals surface area (Å²) in [5.74, 6) is -0.435. The number of aliphatic hydroxyl groups excluding tert-OH is 1. The van der Waals surface area contributed by atoms with Crippen LogP contribution < -0.4 is 5.32 Å². The summed E-state index contributed by atoms with van der Waals surface area (Å²) in [6, 6.07) is -0.530. The number of amides is 2. The van der Waals surface area contributed by atoms with Crippen molar-refractivity contribution < 1.29 is 19.8 Å². The third kappa shape index (κ3) is 3.48. The van der Waals surface area contributed by atoms with Crippen LogP contribution in [0.25, 0.3) is 0 Å². The first-order valence-electron chi connectivity index (χ1n) is 7.91. The van der Waals surface area contributed by atoms with Crippen molar-refractivity contribution >= 4 is 12.0 Å². The Balaban J connectivity index is 2.06. The molecule has 1 unspecified atom stereocenters. The quantitative estimate of drug-likeness (QED) is 0.738. The van der Waals surface area contributed by atoms with Crippen molar-refractivity contribution in [2.75, 3.05) is 13.2 Å². The first-order chi connectivity index (χ1) is 9.98. The number of hydrogen-bond donors (Lipinski definition) is 3. The smallest absolute Gasteiger partial charge is 0.329 e. The van der Waals surface area contributed by atoms with E-state index < -0.39 is 11.5 Å². The van der Waals surface area contributed by atoms with Gasteiger partial charge in [0.15, 0.2) is 0 Å². The molecule has 6 nitrogen and oxygen atoms in total. The summed E-state index contributed by atoms with van der Waals surface area (Å²) in [4.78, 5) is 25.7. The predicted molar refractivity (Wildman–Crippen MR) is 78.0 cm³/mol. The number of carbonyl (C=O) groups is 2. The molecule has 2 rings (SSSR count). The summed E-state index contributed by atoms with van der Waals surface area (Å²) in [6.07, 6.45) is 5.27. The highest BCUT2D eigenvalue weighted by molar-refractivity contribution is 5.86. The van der Waals surface area contributed by atoms with Gasteiger partial charge in [0.2, 0.25) is 0 Å². The Morgan fingerprint density at radius 3 is 2.48 bits per heavy atom. The second kappa shape index (κ2) is 6.64. The highest BCUT2D eigenvalue weighted by Gasteiger charge is 2.44. The fraction of sp³-hybridized carbons (Fsp3) is 0.867. The molecule has 1 aliphatic carbocycles. The lowest BCUT2D eigenvalue weighted by molar-refractivity contribution is -0.146. The number of aliphatic hydroxyl groups is 1. The molecule has 2 fully saturated rings. The summed E-state index contributed by atoms with van der Waals surface area (Å²) < 4.78 is 0. The zero-order valence-corrected chi connectivity index (χ0v) is 12.7. The van der Waals surface area contributed by atoms with Crippen molar-refractivity contribution in [2.45, 2.75) is 63.5 Å². The topological polar surface area (TPSA) is 89.9 Å². The third-order valence-electron chi connectivity index (χ3n) is 4.98. The molecule has 21 heavy (non-hydrogen) atoms. The zero-order chi connectivity index (χ0) is 15.5. The molecular formula is C15H26N2O4. The standard InChI is InChI=1S/C15H26N2O4/c1-11-5-7-15(8-6-11,13(19)20)16-14(21)17-9-3-2-4-12(17)10-18/h11-12,18H,2-10H2,1H3,(H,16,21)(H,19,20). The van der Waals surface area contributed by atoms with Gasteiger partial charge in [0.1, 0.15) is 5.54 Å². The molecule has 2 aliphatic rings. The van der Waals surface area contributed by atoms with E-state index in [1.807, 2.05) is 0 Å². The molecule has 1 atom stereocenters. The number of carboxylic acid groups (broad SMARTS) is 1. The molecular weight excluding hydrogens is 272 g/mol. The Bertz CT molecular complexity index is 391. The molecule has 6 heteroatoms. The van der Waals surface area contributed by atoms with Crippen LogP contribution in [0.2, 0.25) is 0 Å². The van der Waals surface area contributed by atoms with Crippen LogP contribution in [0.3, 0.4) is 0 Å². The fourth-order valence-electron chi connectivity index (χ4n) is 3.38. The van der Waals surface area contributed by atoms with Gasteiger partial charge >= 0.3 is 12.0 Å². The zero-order valence-electron chi connectivity index (χ0n) is 12.7. The van der Waals surface area contributed by atoms with Crippen LogP contribution in [0.15, 0.2) is 0 Å². The van der Waals surface area contributed by atoms with Crippen LogP contribution in [-0.4, -0.2) is 51.8 Å². The van der Waals surface area contributed by atoms with E-state index in [1.165, 1.54) is 0 Å². The first kappa shape index (κ1) is 16.1. The summed E-state index contributed by atoms with van der Waals surface area (Å²) in [7, 11) is 0. The lowest BCUT2D eigenvalue weighted by atomic mass is 9.77. The molecule has 0 aromatic carbocycles. The second-order valence-electron chi connectivity index (χ2n) is 6.53. The Morgan fingerprint density at radius 1 is 1.24 bits per heavy atom. The van der Waals surface area contributed by atoms with Gasteiger partial charge < -0.3 is 20.4 Å². The minimum atomic E-state index is -1.14. The molecule has 1 saturated heterocycles. The molecule has 0 bridgehead atoms. The van der Waals surface area contributed by atoms with Crippen molar-refractivity contribution in [1.29, 1.82) is 0 Å². The summed E-state index contributed by atoms with van der Waals surface area (Å²) >= 11 is 0. The van der Waals surface area contributed by atoms with Gasteiger partial charge in [0.25, 0.3) is 0 Å². The number of hydrogen-bond acceptors (Lipinski definition) is 3. The predicted octanol–water partition coefficient (Wildman–Crippen LogP) is 1.58. The Labute approximate surface area is 125 Å². The maximum absolute atomic E-state index is 12.5. The number of nitrogens with zero attached hydrogens (tertiary/aromatic N) is 1. The Morgan fingerprint density at radius 2 is 1.90 bits per heavy atom. The summed E-state index contributed by atoms with van der Waals surface area (Å²) in [6.45, 7) is 2.63. The SMILES string of the molecule is CC1CCC(NC(=O)N2CCCCC2CO)(C(=O)O)CC1. The Hall–Kier alpha value is -1.30. The number of carbonyl (C=O) groups excluding carboxylic acids is 1. The van der Waals surface area contributed by atoms with Gasteiger partial charge in [-0.1, -0.05) is 6.92 Å². The van der Waals surface area contributed by atoms with Gasteiger partial charge in [-0.25, -0.2) is 9.59 Å². The van der Waals surface area contributed by atoms with Gasteiger partial charge in [0.05, 0.1) is 12.6 Å². The normalized spacial score (nSPS) is 33.5. The van der Waals surface area contributed by atoms with Crippen molar-refractivity contribution in [3.05, 3.63) is 0 Å². The van der Waals surface area contributed by atoms with E-state index in [-0.39, 0.29) is 18.7 Å². The number of carboxylic acids is 1. The van der Waals surface area contributed by atoms with Crippen LogP contribution in [0.4, 0.5) is 4.79 Å². The molecule has 2 amide bonds. The fourth-order valence-corrected chi connectivity index (χ4v) is 3.38. The number of nitrogens with one attached hydrogen (secondary N) is 1. The summed E-state index contributed by atoms with van der Waals surface area (Å²) in [5.41, 5.74) is -1.14. The van der Waals surface area contributed by atoms with Gasteiger partial charge in [0, 0.05) is 6.54 Å². The highest BCUT2D eigenvalue weighted by Crippen LogP contribution is 2.32. The molecule has 1 heterocycles. The van der Waals surface area contributed by atoms with Crippen LogP contribution >= 0.6 is 0 Å². The number of urea groups is 1. The Kier molecular flexibility index (Phi) is 5.08. The minimum Gasteiger partial charge on any atom is -0.480 e. The maximum Gasteiger partial charge on any atom is 0.329 e. The van der Waals surface area contributed by atoms with Crippen molar-refractivity contribution in [3.8, 4) is 0 Å². The number of aliphatic carboxylic acids is 1. The minimum absolute atomic E-state index is 0.0650. The van der Waals surface area contributed by atoms with E-state index in [0.29, 0.717) is 25.3 Å². The van der Waals surface area contributed by atoms with E-state index in [0.717, 1.165) is 32.1 Å². The van der Waals surface area contributed by atoms with Crippen LogP contribution in [0.5, 0.6) is 0 Å². The largest absolute Gasteiger partial charge is 0.480 e. The molecule has 0 aromatic heterocycles. The number of rotatable bonds is 3. The number of piperidine rings is 1. The van der Waals surface area contributed by atoms with E-state index >= 15 is 0 Å². The van der Waals surface area contributed by atoms with Gasteiger partial charge in [-0.15, -0.1) is 0 Å². The van der Waals surface area contributed by atoms with Crippen molar-refractivity contribution in [3.63, 3.8) is 0 Å². The maximum atomic E-state index is 12.5.